The second kappa shape index (κ2) is 8.28. The van der Waals surface area contributed by atoms with Crippen molar-refractivity contribution in [2.45, 2.75) is 12.8 Å². The van der Waals surface area contributed by atoms with E-state index in [1.165, 1.54) is 6.33 Å². The van der Waals surface area contributed by atoms with E-state index < -0.39 is 0 Å². The van der Waals surface area contributed by atoms with E-state index >= 15 is 0 Å². The van der Waals surface area contributed by atoms with Gasteiger partial charge in [0.2, 0.25) is 6.33 Å². The number of hydrogen-bond acceptors (Lipinski definition) is 6. The highest BCUT2D eigenvalue weighted by molar-refractivity contribution is 6.18. The predicted molar refractivity (Wildman–Crippen MR) is 121 cm³/mol. The Hall–Kier alpha value is -3.58. The Balaban J connectivity index is 1.45. The van der Waals surface area contributed by atoms with Crippen molar-refractivity contribution in [1.82, 2.24) is 14.9 Å². The number of nitrogens with two attached hydrogens (primary N) is 1. The number of piperidine rings is 1. The molecule has 31 heavy (non-hydrogen) atoms. The fraction of sp³-hybridized carbons (Fsp3) is 0.250. The molecule has 156 valence electrons. The number of fused-ring (bicyclic) bond motifs is 1. The molecule has 0 bridgehead atoms. The Morgan fingerprint density at radius 3 is 2.45 bits per heavy atom. The Morgan fingerprint density at radius 2 is 1.71 bits per heavy atom. The van der Waals surface area contributed by atoms with Crippen LogP contribution >= 0.6 is 0 Å². The van der Waals surface area contributed by atoms with Crippen molar-refractivity contribution in [2.24, 2.45) is 11.0 Å². The molecule has 5 rings (SSSR count). The third kappa shape index (κ3) is 4.04. The molecule has 1 saturated heterocycles. The number of nitrogen functional groups attached to an aromatic ring is 1. The van der Waals surface area contributed by atoms with E-state index in [9.17, 15) is 0 Å². The molecule has 0 spiro atoms. The van der Waals surface area contributed by atoms with Crippen LogP contribution in [0.1, 0.15) is 24.0 Å². The minimum absolute atomic E-state index is 0.438. The largest absolute Gasteiger partial charge is 0.457 e. The number of rotatable bonds is 4. The van der Waals surface area contributed by atoms with E-state index in [-0.39, 0.29) is 0 Å². The molecule has 0 radical (unpaired) electrons. The van der Waals surface area contributed by atoms with Crippen molar-refractivity contribution in [3.63, 3.8) is 0 Å². The van der Waals surface area contributed by atoms with Gasteiger partial charge in [0, 0.05) is 11.5 Å². The number of aromatic nitrogens is 2. The van der Waals surface area contributed by atoms with Gasteiger partial charge in [-0.2, -0.15) is 4.98 Å². The van der Waals surface area contributed by atoms with Crippen molar-refractivity contribution >= 4 is 23.6 Å². The second-order valence-electron chi connectivity index (χ2n) is 7.98. The van der Waals surface area contributed by atoms with Crippen LogP contribution in [0.2, 0.25) is 0 Å². The number of hydrazone groups is 1. The van der Waals surface area contributed by atoms with Crippen LogP contribution in [0, 0.1) is 5.92 Å². The normalized spacial score (nSPS) is 18.1. The van der Waals surface area contributed by atoms with Crippen LogP contribution in [0.5, 0.6) is 11.5 Å². The molecule has 0 unspecified atom stereocenters. The lowest BCUT2D eigenvalue weighted by Gasteiger charge is -2.25. The second-order valence-corrected chi connectivity index (χ2v) is 7.98. The summed E-state index contributed by atoms with van der Waals surface area (Å²) in [5, 5.41) is 4.87. The summed E-state index contributed by atoms with van der Waals surface area (Å²) >= 11 is 0. The minimum Gasteiger partial charge on any atom is -0.457 e. The fourth-order valence-electron chi connectivity index (χ4n) is 3.98. The van der Waals surface area contributed by atoms with Crippen LogP contribution in [0.3, 0.4) is 0 Å². The van der Waals surface area contributed by atoms with E-state index in [0.29, 0.717) is 11.7 Å². The zero-order valence-electron chi connectivity index (χ0n) is 17.5. The van der Waals surface area contributed by atoms with Crippen molar-refractivity contribution in [3.8, 4) is 11.5 Å². The smallest absolute Gasteiger partial charge is 0.363 e. The van der Waals surface area contributed by atoms with Gasteiger partial charge in [-0.3, -0.25) is 0 Å². The summed E-state index contributed by atoms with van der Waals surface area (Å²) in [5.74, 6) is 3.21. The first kappa shape index (κ1) is 19.4. The van der Waals surface area contributed by atoms with Gasteiger partial charge < -0.3 is 15.4 Å². The number of hydrogen-bond donors (Lipinski definition) is 1. The lowest BCUT2D eigenvalue weighted by atomic mass is 9.98. The summed E-state index contributed by atoms with van der Waals surface area (Å²) < 4.78 is 7.79. The van der Waals surface area contributed by atoms with E-state index in [1.807, 2.05) is 59.3 Å². The number of para-hydroxylation sites is 1. The molecular formula is C24H25N6O+. The molecular weight excluding hydrogens is 388 g/mol. The fourth-order valence-corrected chi connectivity index (χ4v) is 3.98. The Bertz CT molecular complexity index is 1130. The maximum Gasteiger partial charge on any atom is 0.363 e. The summed E-state index contributed by atoms with van der Waals surface area (Å²) in [4.78, 5) is 11.0. The average molecular weight is 414 g/mol. The third-order valence-electron chi connectivity index (χ3n) is 5.74. The first-order valence-corrected chi connectivity index (χ1v) is 10.5. The number of likely N-dealkylation sites (tertiary alicyclic amines) is 1. The average Bonchev–Trinajstić information content (AvgIpc) is 3.16. The molecule has 2 N–H and O–H groups in total. The van der Waals surface area contributed by atoms with Crippen molar-refractivity contribution in [3.05, 3.63) is 72.1 Å². The quantitative estimate of drug-likeness (QED) is 0.660. The number of ether oxygens (including phenoxy) is 1. The van der Waals surface area contributed by atoms with Gasteiger partial charge in [0.05, 0.1) is 0 Å². The highest BCUT2D eigenvalue weighted by Gasteiger charge is 2.34. The first-order chi connectivity index (χ1) is 15.2. The predicted octanol–water partition coefficient (Wildman–Crippen LogP) is 3.67. The van der Waals surface area contributed by atoms with Crippen LogP contribution in [0.25, 0.3) is 0 Å². The zero-order chi connectivity index (χ0) is 21.2. The van der Waals surface area contributed by atoms with Gasteiger partial charge in [-0.25, -0.2) is 0 Å². The number of anilines is 1. The van der Waals surface area contributed by atoms with Gasteiger partial charge in [0.1, 0.15) is 34.8 Å². The van der Waals surface area contributed by atoms with Crippen LogP contribution in [-0.4, -0.2) is 51.6 Å². The topological polar surface area (TPSA) is 79.6 Å². The summed E-state index contributed by atoms with van der Waals surface area (Å²) in [6.07, 6.45) is 5.90. The lowest BCUT2D eigenvalue weighted by molar-refractivity contribution is -0.442. The van der Waals surface area contributed by atoms with Crippen molar-refractivity contribution < 1.29 is 9.42 Å². The molecule has 3 aromatic rings. The molecule has 0 atom stereocenters. The molecule has 0 saturated carbocycles. The number of benzene rings is 2. The summed E-state index contributed by atoms with van der Waals surface area (Å²) in [5.41, 5.74) is 8.75. The van der Waals surface area contributed by atoms with Gasteiger partial charge in [0.25, 0.3) is 0 Å². The molecule has 1 aromatic heterocycles. The van der Waals surface area contributed by atoms with Crippen molar-refractivity contribution in [2.75, 3.05) is 25.9 Å². The van der Waals surface area contributed by atoms with E-state index in [1.54, 1.807) is 0 Å². The molecule has 2 aromatic carbocycles. The van der Waals surface area contributed by atoms with E-state index in [4.69, 9.17) is 15.6 Å². The van der Waals surface area contributed by atoms with Gasteiger partial charge in [-0.1, -0.05) is 23.3 Å². The third-order valence-corrected chi connectivity index (χ3v) is 5.74. The summed E-state index contributed by atoms with van der Waals surface area (Å²) in [7, 11) is 2.16. The molecule has 0 aliphatic carbocycles. The highest BCUT2D eigenvalue weighted by Crippen LogP contribution is 2.32. The molecule has 2 aliphatic heterocycles. The van der Waals surface area contributed by atoms with Crippen molar-refractivity contribution in [1.29, 1.82) is 0 Å². The highest BCUT2D eigenvalue weighted by atomic mass is 16.5. The Labute approximate surface area is 181 Å². The maximum atomic E-state index is 6.24. The number of nitrogens with zero attached hydrogens (tertiary/aromatic N) is 5. The van der Waals surface area contributed by atoms with Crippen LogP contribution in [0.15, 0.2) is 66.0 Å². The molecule has 7 heteroatoms. The van der Waals surface area contributed by atoms with Gasteiger partial charge in [-0.05, 0) is 74.4 Å². The van der Waals surface area contributed by atoms with E-state index in [2.05, 4.69) is 28.1 Å². The summed E-state index contributed by atoms with van der Waals surface area (Å²) in [6, 6.07) is 17.6. The molecule has 7 nitrogen and oxygen atoms in total. The first-order valence-electron chi connectivity index (χ1n) is 10.5. The molecule has 3 heterocycles. The molecule has 2 aliphatic rings. The monoisotopic (exact) mass is 413 g/mol. The Kier molecular flexibility index (Phi) is 5.18. The van der Waals surface area contributed by atoms with Crippen LogP contribution < -0.4 is 10.5 Å². The van der Waals surface area contributed by atoms with Gasteiger partial charge in [-0.15, -0.1) is 4.68 Å². The molecule has 1 fully saturated rings. The standard InChI is InChI=1S/C24H25N6O/c1-29-13-11-17(12-14-29)15-30-24-21(23(25)26-16-27-24)22(28-30)18-7-9-20(10-8-18)31-19-5-3-2-4-6-19/h2-10,15-17H,11-14H2,1H3,(H2,25,26,27)/q+1/b30-15+. The SMILES string of the molecule is CN1CCC(/C=[N+]2/N=C(c3ccc(Oc4ccccc4)cc3)c3c(N)ncnc32)CC1. The molecule has 0 amide bonds. The Morgan fingerprint density at radius 1 is 1.00 bits per heavy atom. The summed E-state index contributed by atoms with van der Waals surface area (Å²) in [6.45, 7) is 2.18. The minimum atomic E-state index is 0.438. The van der Waals surface area contributed by atoms with Gasteiger partial charge >= 0.3 is 5.82 Å². The van der Waals surface area contributed by atoms with E-state index in [0.717, 1.165) is 60.1 Å². The maximum absolute atomic E-state index is 6.24. The zero-order valence-corrected chi connectivity index (χ0v) is 17.5. The van der Waals surface area contributed by atoms with Crippen LogP contribution in [0.4, 0.5) is 11.6 Å². The lowest BCUT2D eigenvalue weighted by Crippen LogP contribution is -2.31. The van der Waals surface area contributed by atoms with Crippen LogP contribution in [-0.2, 0) is 0 Å². The van der Waals surface area contributed by atoms with Gasteiger partial charge in [0.15, 0.2) is 0 Å².